The van der Waals surface area contributed by atoms with Gasteiger partial charge in [-0.2, -0.15) is 0 Å². The number of nitrogens with one attached hydrogen (secondary N) is 1. The molecule has 0 saturated heterocycles. The van der Waals surface area contributed by atoms with Gasteiger partial charge in [-0.05, 0) is 62.6 Å². The molecule has 0 aliphatic heterocycles. The summed E-state index contributed by atoms with van der Waals surface area (Å²) in [5.41, 5.74) is 3.62. The van der Waals surface area contributed by atoms with Crippen LogP contribution in [0.25, 0.3) is 0 Å². The Balaban J connectivity index is 2.18. The Morgan fingerprint density at radius 3 is 2.15 bits per heavy atom. The van der Waals surface area contributed by atoms with Crippen LogP contribution in [0.5, 0.6) is 0 Å². The molecule has 2 aromatic carbocycles. The van der Waals surface area contributed by atoms with Crippen molar-refractivity contribution in [1.82, 2.24) is 4.90 Å². The zero-order valence-corrected chi connectivity index (χ0v) is 16.0. The average molecular weight is 368 g/mol. The van der Waals surface area contributed by atoms with Crippen LogP contribution in [0, 0.1) is 20.8 Å². The number of benzene rings is 2. The summed E-state index contributed by atoms with van der Waals surface area (Å²) in [7, 11) is 0. The van der Waals surface area contributed by atoms with Crippen LogP contribution in [0.2, 0.25) is 0 Å². The quantitative estimate of drug-likeness (QED) is 0.818. The van der Waals surface area contributed by atoms with Crippen molar-refractivity contribution in [2.75, 3.05) is 18.4 Å². The van der Waals surface area contributed by atoms with Crippen molar-refractivity contribution >= 4 is 23.5 Å². The molecule has 2 aromatic rings. The van der Waals surface area contributed by atoms with Crippen LogP contribution < -0.4 is 5.32 Å². The monoisotopic (exact) mass is 368 g/mol. The van der Waals surface area contributed by atoms with Crippen LogP contribution in [0.4, 0.5) is 5.69 Å². The summed E-state index contributed by atoms with van der Waals surface area (Å²) < 4.78 is 0. The van der Waals surface area contributed by atoms with Gasteiger partial charge in [0.15, 0.2) is 0 Å². The Morgan fingerprint density at radius 1 is 1.00 bits per heavy atom. The standard InChI is InChI=1S/C21H24N2O4/c1-5-23(12-18(24)22-19-14(3)7-6-8-15(19)4)20(25)16-9-13(2)10-17(11-16)21(26)27/h6-11H,5,12H2,1-4H3,(H,22,24)(H,26,27). The maximum Gasteiger partial charge on any atom is 0.335 e. The molecule has 6 nitrogen and oxygen atoms in total. The number of amides is 2. The van der Waals surface area contributed by atoms with E-state index in [0.717, 1.165) is 16.8 Å². The normalized spacial score (nSPS) is 10.4. The number of likely N-dealkylation sites (N-methyl/N-ethyl adjacent to an activating group) is 1. The van der Waals surface area contributed by atoms with E-state index in [-0.39, 0.29) is 29.5 Å². The molecule has 6 heteroatoms. The highest BCUT2D eigenvalue weighted by Gasteiger charge is 2.20. The number of carbonyl (C=O) groups is 3. The number of aromatic carboxylic acids is 1. The van der Waals surface area contributed by atoms with Crippen LogP contribution >= 0.6 is 0 Å². The van der Waals surface area contributed by atoms with E-state index in [9.17, 15) is 19.5 Å². The van der Waals surface area contributed by atoms with Gasteiger partial charge in [-0.1, -0.05) is 18.2 Å². The van der Waals surface area contributed by atoms with Gasteiger partial charge in [0.25, 0.3) is 5.91 Å². The summed E-state index contributed by atoms with van der Waals surface area (Å²) in [6.07, 6.45) is 0. The second-order valence-corrected chi connectivity index (χ2v) is 6.53. The number of hydrogen-bond acceptors (Lipinski definition) is 3. The fraction of sp³-hybridized carbons (Fsp3) is 0.286. The van der Waals surface area contributed by atoms with Gasteiger partial charge < -0.3 is 15.3 Å². The zero-order chi connectivity index (χ0) is 20.1. The molecule has 27 heavy (non-hydrogen) atoms. The molecular weight excluding hydrogens is 344 g/mol. The summed E-state index contributed by atoms with van der Waals surface area (Å²) in [4.78, 5) is 37.9. The van der Waals surface area contributed by atoms with Gasteiger partial charge >= 0.3 is 5.97 Å². The highest BCUT2D eigenvalue weighted by molar-refractivity contribution is 6.01. The number of carboxylic acids is 1. The predicted molar refractivity (Wildman–Crippen MR) is 104 cm³/mol. The summed E-state index contributed by atoms with van der Waals surface area (Å²) in [6, 6.07) is 10.2. The lowest BCUT2D eigenvalue weighted by atomic mass is 10.1. The van der Waals surface area contributed by atoms with Gasteiger partial charge in [0.05, 0.1) is 5.56 Å². The fourth-order valence-corrected chi connectivity index (χ4v) is 2.90. The summed E-state index contributed by atoms with van der Waals surface area (Å²) in [6.45, 7) is 7.54. The number of para-hydroxylation sites is 1. The molecule has 0 atom stereocenters. The maximum absolute atomic E-state index is 12.8. The maximum atomic E-state index is 12.8. The highest BCUT2D eigenvalue weighted by atomic mass is 16.4. The van der Waals surface area contributed by atoms with E-state index >= 15 is 0 Å². The Morgan fingerprint density at radius 2 is 1.59 bits per heavy atom. The lowest BCUT2D eigenvalue weighted by molar-refractivity contribution is -0.116. The van der Waals surface area contributed by atoms with E-state index in [2.05, 4.69) is 5.32 Å². The van der Waals surface area contributed by atoms with Gasteiger partial charge in [-0.25, -0.2) is 4.79 Å². The lowest BCUT2D eigenvalue weighted by Crippen LogP contribution is -2.38. The molecule has 0 aliphatic carbocycles. The molecule has 0 fully saturated rings. The van der Waals surface area contributed by atoms with Gasteiger partial charge in [-0.3, -0.25) is 9.59 Å². The number of carbonyl (C=O) groups excluding carboxylic acids is 2. The van der Waals surface area contributed by atoms with E-state index in [1.807, 2.05) is 32.0 Å². The minimum absolute atomic E-state index is 0.0504. The molecule has 142 valence electrons. The molecule has 0 spiro atoms. The van der Waals surface area contributed by atoms with Crippen molar-refractivity contribution in [1.29, 1.82) is 0 Å². The number of aryl methyl sites for hydroxylation is 3. The van der Waals surface area contributed by atoms with Gasteiger partial charge in [-0.15, -0.1) is 0 Å². The first-order chi connectivity index (χ1) is 12.7. The number of hydrogen-bond donors (Lipinski definition) is 2. The third-order valence-corrected chi connectivity index (χ3v) is 4.32. The molecule has 0 unspecified atom stereocenters. The Hall–Kier alpha value is -3.15. The van der Waals surface area contributed by atoms with Crippen LogP contribution in [0.1, 0.15) is 44.3 Å². The minimum atomic E-state index is -1.09. The number of nitrogens with zero attached hydrogens (tertiary/aromatic N) is 1. The van der Waals surface area contributed by atoms with Crippen molar-refractivity contribution in [3.8, 4) is 0 Å². The van der Waals surface area contributed by atoms with Gasteiger partial charge in [0, 0.05) is 17.8 Å². The number of rotatable bonds is 6. The zero-order valence-electron chi connectivity index (χ0n) is 16.0. The van der Waals surface area contributed by atoms with E-state index in [4.69, 9.17) is 0 Å². The van der Waals surface area contributed by atoms with Crippen molar-refractivity contribution < 1.29 is 19.5 Å². The highest BCUT2D eigenvalue weighted by Crippen LogP contribution is 2.19. The summed E-state index contributed by atoms with van der Waals surface area (Å²) in [5, 5.41) is 12.0. The minimum Gasteiger partial charge on any atom is -0.478 e. The largest absolute Gasteiger partial charge is 0.478 e. The molecule has 0 aliphatic rings. The van der Waals surface area contributed by atoms with Crippen molar-refractivity contribution in [2.24, 2.45) is 0 Å². The first-order valence-electron chi connectivity index (χ1n) is 8.73. The molecule has 0 radical (unpaired) electrons. The molecular formula is C21H24N2O4. The van der Waals surface area contributed by atoms with Gasteiger partial charge in [0.2, 0.25) is 5.91 Å². The van der Waals surface area contributed by atoms with Crippen LogP contribution in [0.3, 0.4) is 0 Å². The molecule has 2 amide bonds. The number of carboxylic acid groups (broad SMARTS) is 1. The Labute approximate surface area is 158 Å². The Bertz CT molecular complexity index is 869. The molecule has 0 aromatic heterocycles. The van der Waals surface area contributed by atoms with Crippen molar-refractivity contribution in [3.63, 3.8) is 0 Å². The second-order valence-electron chi connectivity index (χ2n) is 6.53. The van der Waals surface area contributed by atoms with Crippen LogP contribution in [-0.2, 0) is 4.79 Å². The first kappa shape index (κ1) is 20.2. The van der Waals surface area contributed by atoms with Crippen molar-refractivity contribution in [2.45, 2.75) is 27.7 Å². The van der Waals surface area contributed by atoms with Crippen LogP contribution in [-0.4, -0.2) is 40.9 Å². The van der Waals surface area contributed by atoms with Gasteiger partial charge in [0.1, 0.15) is 6.54 Å². The van der Waals surface area contributed by atoms with E-state index in [1.54, 1.807) is 19.9 Å². The van der Waals surface area contributed by atoms with E-state index < -0.39 is 5.97 Å². The smallest absolute Gasteiger partial charge is 0.335 e. The lowest BCUT2D eigenvalue weighted by Gasteiger charge is -2.21. The topological polar surface area (TPSA) is 86.7 Å². The molecule has 2 rings (SSSR count). The van der Waals surface area contributed by atoms with E-state index in [1.165, 1.54) is 17.0 Å². The first-order valence-corrected chi connectivity index (χ1v) is 8.73. The molecule has 0 bridgehead atoms. The van der Waals surface area contributed by atoms with E-state index in [0.29, 0.717) is 12.1 Å². The third kappa shape index (κ3) is 4.94. The second kappa shape index (κ2) is 8.49. The SMILES string of the molecule is CCN(CC(=O)Nc1c(C)cccc1C)C(=O)c1cc(C)cc(C(=O)O)c1. The average Bonchev–Trinajstić information content (AvgIpc) is 2.61. The summed E-state index contributed by atoms with van der Waals surface area (Å²) in [5.74, 6) is -1.77. The van der Waals surface area contributed by atoms with Crippen LogP contribution in [0.15, 0.2) is 36.4 Å². The van der Waals surface area contributed by atoms with Crippen molar-refractivity contribution in [3.05, 3.63) is 64.2 Å². The fourth-order valence-electron chi connectivity index (χ4n) is 2.90. The summed E-state index contributed by atoms with van der Waals surface area (Å²) >= 11 is 0. The number of anilines is 1. The predicted octanol–water partition coefficient (Wildman–Crippen LogP) is 3.41. The third-order valence-electron chi connectivity index (χ3n) is 4.32. The molecule has 0 heterocycles. The molecule has 0 saturated carbocycles. The molecule has 2 N–H and O–H groups in total. The Kier molecular flexibility index (Phi) is 6.34.